The third kappa shape index (κ3) is 1.98. The molecule has 1 heterocycles. The Labute approximate surface area is 107 Å². The van der Waals surface area contributed by atoms with E-state index in [1.807, 2.05) is 0 Å². The molecule has 19 heavy (non-hydrogen) atoms. The van der Waals surface area contributed by atoms with Crippen LogP contribution in [0.3, 0.4) is 0 Å². The van der Waals surface area contributed by atoms with Crippen LogP contribution in [0.15, 0.2) is 5.10 Å². The number of amides is 1. The molecule has 2 aliphatic rings. The lowest BCUT2D eigenvalue weighted by molar-refractivity contribution is -0.317. The Balaban J connectivity index is 2.42. The Hall–Kier alpha value is -1.62. The number of halogens is 3. The van der Waals surface area contributed by atoms with Crippen LogP contribution in [-0.2, 0) is 4.79 Å². The zero-order valence-electron chi connectivity index (χ0n) is 9.94. The van der Waals surface area contributed by atoms with Crippen LogP contribution in [0.4, 0.5) is 13.2 Å². The average Bonchev–Trinajstić information content (AvgIpc) is 2.65. The lowest BCUT2D eigenvalue weighted by Gasteiger charge is -2.37. The predicted molar refractivity (Wildman–Crippen MR) is 57.5 cm³/mol. The van der Waals surface area contributed by atoms with Crippen molar-refractivity contribution in [3.05, 3.63) is 0 Å². The fourth-order valence-corrected chi connectivity index (χ4v) is 2.61. The highest BCUT2D eigenvalue weighted by Crippen LogP contribution is 2.48. The molecule has 2 unspecified atom stereocenters. The molecule has 0 spiro atoms. The second kappa shape index (κ2) is 4.49. The number of alkyl halides is 3. The summed E-state index contributed by atoms with van der Waals surface area (Å²) in [5, 5.41) is 22.1. The zero-order chi connectivity index (χ0) is 14.3. The number of hydrazone groups is 1. The van der Waals surface area contributed by atoms with Crippen LogP contribution < -0.4 is 0 Å². The van der Waals surface area contributed by atoms with Crippen molar-refractivity contribution in [3.63, 3.8) is 0 Å². The highest BCUT2D eigenvalue weighted by atomic mass is 19.4. The summed E-state index contributed by atoms with van der Waals surface area (Å²) in [5.41, 5.74) is -3.12. The molecule has 0 aromatic rings. The number of carbonyl (C=O) groups is 1. The van der Waals surface area contributed by atoms with E-state index in [-0.39, 0.29) is 17.1 Å². The number of rotatable bonds is 1. The van der Waals surface area contributed by atoms with E-state index in [2.05, 4.69) is 5.10 Å². The van der Waals surface area contributed by atoms with E-state index in [9.17, 15) is 23.1 Å². The molecule has 1 aliphatic carbocycles. The van der Waals surface area contributed by atoms with Gasteiger partial charge >= 0.3 is 6.18 Å². The number of carbonyl (C=O) groups excluding carboxylic acids is 1. The first-order chi connectivity index (χ1) is 8.82. The van der Waals surface area contributed by atoms with Crippen molar-refractivity contribution in [1.82, 2.24) is 5.01 Å². The van der Waals surface area contributed by atoms with E-state index in [4.69, 9.17) is 5.26 Å². The highest BCUT2D eigenvalue weighted by molar-refractivity contribution is 5.93. The van der Waals surface area contributed by atoms with Crippen molar-refractivity contribution in [3.8, 4) is 6.07 Å². The standard InChI is InChI=1S/C11H12F3N3O2/c12-11(13,14)10(19)7-3-1-2-4-8(7)16-17(10)9(18)5-6-15/h7,19H,1-5H2. The lowest BCUT2D eigenvalue weighted by atomic mass is 9.80. The first kappa shape index (κ1) is 13.8. The highest BCUT2D eigenvalue weighted by Gasteiger charge is 2.68. The van der Waals surface area contributed by atoms with E-state index in [1.54, 1.807) is 0 Å². The molecule has 2 atom stereocenters. The molecule has 1 aliphatic heterocycles. The fraction of sp³-hybridized carbons (Fsp3) is 0.727. The second-order valence-corrected chi connectivity index (χ2v) is 4.65. The van der Waals surface area contributed by atoms with Gasteiger partial charge in [-0.1, -0.05) is 6.42 Å². The van der Waals surface area contributed by atoms with Gasteiger partial charge in [0.2, 0.25) is 0 Å². The van der Waals surface area contributed by atoms with Crippen molar-refractivity contribution in [2.24, 2.45) is 11.0 Å². The predicted octanol–water partition coefficient (Wildman–Crippen LogP) is 1.54. The summed E-state index contributed by atoms with van der Waals surface area (Å²) in [6.07, 6.45) is -4.07. The molecule has 8 heteroatoms. The number of fused-ring (bicyclic) bond motifs is 1. The third-order valence-electron chi connectivity index (χ3n) is 3.50. The van der Waals surface area contributed by atoms with Gasteiger partial charge in [-0.05, 0) is 19.3 Å². The molecule has 0 aromatic heterocycles. The van der Waals surface area contributed by atoms with E-state index in [0.29, 0.717) is 19.3 Å². The Bertz CT molecular complexity index is 469. The molecule has 0 bridgehead atoms. The van der Waals surface area contributed by atoms with Gasteiger partial charge in [-0.25, -0.2) is 0 Å². The topological polar surface area (TPSA) is 76.7 Å². The summed E-state index contributed by atoms with van der Waals surface area (Å²) in [7, 11) is 0. The minimum absolute atomic E-state index is 0.0571. The van der Waals surface area contributed by atoms with Crippen molar-refractivity contribution in [2.45, 2.75) is 44.0 Å². The molecule has 1 amide bonds. The van der Waals surface area contributed by atoms with Crippen molar-refractivity contribution in [2.75, 3.05) is 0 Å². The zero-order valence-corrected chi connectivity index (χ0v) is 9.94. The average molecular weight is 275 g/mol. The lowest BCUT2D eigenvalue weighted by Crippen LogP contribution is -2.61. The molecule has 0 radical (unpaired) electrons. The van der Waals surface area contributed by atoms with Crippen LogP contribution in [0.25, 0.3) is 0 Å². The summed E-state index contributed by atoms with van der Waals surface area (Å²) < 4.78 is 39.5. The summed E-state index contributed by atoms with van der Waals surface area (Å²) >= 11 is 0. The van der Waals surface area contributed by atoms with Gasteiger partial charge in [0.1, 0.15) is 6.42 Å². The van der Waals surface area contributed by atoms with Crippen LogP contribution in [-0.4, -0.2) is 33.6 Å². The van der Waals surface area contributed by atoms with Crippen LogP contribution in [0, 0.1) is 17.2 Å². The van der Waals surface area contributed by atoms with Crippen molar-refractivity contribution >= 4 is 11.6 Å². The molecule has 1 saturated carbocycles. The molecule has 2 rings (SSSR count). The summed E-state index contributed by atoms with van der Waals surface area (Å²) in [6.45, 7) is 0. The normalized spacial score (nSPS) is 30.6. The van der Waals surface area contributed by atoms with Gasteiger partial charge in [-0.15, -0.1) is 0 Å². The van der Waals surface area contributed by atoms with E-state index in [0.717, 1.165) is 0 Å². The van der Waals surface area contributed by atoms with Crippen LogP contribution >= 0.6 is 0 Å². The second-order valence-electron chi connectivity index (χ2n) is 4.65. The molecule has 5 nitrogen and oxygen atoms in total. The molecule has 104 valence electrons. The number of nitrogens with zero attached hydrogens (tertiary/aromatic N) is 3. The van der Waals surface area contributed by atoms with Crippen molar-refractivity contribution < 1.29 is 23.1 Å². The first-order valence-electron chi connectivity index (χ1n) is 5.89. The van der Waals surface area contributed by atoms with Crippen LogP contribution in [0.2, 0.25) is 0 Å². The Morgan fingerprint density at radius 3 is 2.84 bits per heavy atom. The summed E-state index contributed by atoms with van der Waals surface area (Å²) in [5.74, 6) is -2.35. The van der Waals surface area contributed by atoms with Gasteiger partial charge in [0.05, 0.1) is 12.0 Å². The molecular weight excluding hydrogens is 263 g/mol. The van der Waals surface area contributed by atoms with Gasteiger partial charge in [0.15, 0.2) is 0 Å². The van der Waals surface area contributed by atoms with E-state index >= 15 is 0 Å². The summed E-state index contributed by atoms with van der Waals surface area (Å²) in [6, 6.07) is 1.48. The third-order valence-corrected chi connectivity index (χ3v) is 3.50. The number of hydrogen-bond donors (Lipinski definition) is 1. The number of hydrogen-bond acceptors (Lipinski definition) is 4. The van der Waals surface area contributed by atoms with Gasteiger partial charge in [-0.2, -0.15) is 28.5 Å². The minimum Gasteiger partial charge on any atom is -0.362 e. The van der Waals surface area contributed by atoms with E-state index in [1.165, 1.54) is 6.07 Å². The van der Waals surface area contributed by atoms with Gasteiger partial charge < -0.3 is 5.11 Å². The Kier molecular flexibility index (Phi) is 3.26. The van der Waals surface area contributed by atoms with Crippen molar-refractivity contribution in [1.29, 1.82) is 5.26 Å². The van der Waals surface area contributed by atoms with Crippen LogP contribution in [0.1, 0.15) is 32.1 Å². The fourth-order valence-electron chi connectivity index (χ4n) is 2.61. The van der Waals surface area contributed by atoms with Gasteiger partial charge in [-0.3, -0.25) is 4.79 Å². The Morgan fingerprint density at radius 1 is 1.58 bits per heavy atom. The molecule has 1 fully saturated rings. The molecule has 0 saturated heterocycles. The monoisotopic (exact) mass is 275 g/mol. The maximum Gasteiger partial charge on any atom is 0.439 e. The number of aliphatic hydroxyl groups is 1. The van der Waals surface area contributed by atoms with Crippen LogP contribution in [0.5, 0.6) is 0 Å². The maximum atomic E-state index is 13.2. The molecular formula is C11H12F3N3O2. The maximum absolute atomic E-state index is 13.2. The molecule has 1 N–H and O–H groups in total. The van der Waals surface area contributed by atoms with Gasteiger partial charge in [0, 0.05) is 5.71 Å². The largest absolute Gasteiger partial charge is 0.439 e. The first-order valence-corrected chi connectivity index (χ1v) is 5.89. The SMILES string of the molecule is N#CCC(=O)N1N=C2CCCCC2C1(O)C(F)(F)F. The van der Waals surface area contributed by atoms with E-state index < -0.39 is 30.1 Å². The quantitative estimate of drug-likeness (QED) is 0.788. The Morgan fingerprint density at radius 2 is 2.26 bits per heavy atom. The summed E-state index contributed by atoms with van der Waals surface area (Å²) in [4.78, 5) is 11.6. The molecule has 0 aromatic carbocycles. The number of nitriles is 1. The van der Waals surface area contributed by atoms with Gasteiger partial charge in [0.25, 0.3) is 11.6 Å². The smallest absolute Gasteiger partial charge is 0.362 e. The minimum atomic E-state index is -5.01.